The van der Waals surface area contributed by atoms with Gasteiger partial charge in [0.2, 0.25) is 0 Å². The standard InChI is InChI=1S/C29H34N4O4/c1-5-18-37-23-14-12-21(13-15-23)26-25(28(35)29(36)32(26)17-9-16-31(3)4)27(34)24-19-30-33(20(24)2)22-10-7-6-8-11-22/h6-8,10-15,19,26,34H,5,9,16-18H2,1-4H3. The molecule has 1 unspecified atom stereocenters. The average molecular weight is 503 g/mol. The third kappa shape index (κ3) is 5.44. The summed E-state index contributed by atoms with van der Waals surface area (Å²) in [6.07, 6.45) is 3.12. The van der Waals surface area contributed by atoms with Gasteiger partial charge < -0.3 is 19.6 Å². The number of Topliss-reactive ketones (excluding diaryl/α,β-unsaturated/α-hetero) is 1. The van der Waals surface area contributed by atoms with Gasteiger partial charge in [0.1, 0.15) is 11.5 Å². The van der Waals surface area contributed by atoms with E-state index < -0.39 is 17.7 Å². The number of amides is 1. The predicted molar refractivity (Wildman–Crippen MR) is 143 cm³/mol. The van der Waals surface area contributed by atoms with Crippen LogP contribution in [-0.4, -0.2) is 70.2 Å². The summed E-state index contributed by atoms with van der Waals surface area (Å²) in [5, 5.41) is 15.9. The lowest BCUT2D eigenvalue weighted by Gasteiger charge is -2.26. The number of aromatic nitrogens is 2. The summed E-state index contributed by atoms with van der Waals surface area (Å²) in [6.45, 7) is 5.63. The number of carbonyl (C=O) groups excluding carboxylic acids is 2. The average Bonchev–Trinajstić information content (AvgIpc) is 3.40. The summed E-state index contributed by atoms with van der Waals surface area (Å²) in [5.41, 5.74) is 2.74. The maximum Gasteiger partial charge on any atom is 0.295 e. The van der Waals surface area contributed by atoms with Crippen LogP contribution in [0.1, 0.15) is 42.6 Å². The van der Waals surface area contributed by atoms with Crippen molar-refractivity contribution in [1.82, 2.24) is 19.6 Å². The van der Waals surface area contributed by atoms with E-state index in [1.807, 2.05) is 87.4 Å². The molecule has 1 aromatic heterocycles. The molecule has 0 saturated carbocycles. The fraction of sp³-hybridized carbons (Fsp3) is 0.345. The molecule has 4 rings (SSSR count). The van der Waals surface area contributed by atoms with E-state index in [1.54, 1.807) is 9.58 Å². The topological polar surface area (TPSA) is 87.9 Å². The summed E-state index contributed by atoms with van der Waals surface area (Å²) in [4.78, 5) is 30.1. The van der Waals surface area contributed by atoms with Gasteiger partial charge >= 0.3 is 0 Å². The van der Waals surface area contributed by atoms with Crippen molar-refractivity contribution in [3.63, 3.8) is 0 Å². The van der Waals surface area contributed by atoms with E-state index in [9.17, 15) is 14.7 Å². The van der Waals surface area contributed by atoms with Crippen LogP contribution in [0.4, 0.5) is 0 Å². The van der Waals surface area contributed by atoms with E-state index in [0.717, 1.165) is 30.0 Å². The molecule has 0 aliphatic carbocycles. The number of likely N-dealkylation sites (tertiary alicyclic amines) is 1. The first kappa shape index (κ1) is 26.2. The molecule has 3 aromatic rings. The van der Waals surface area contributed by atoms with Gasteiger partial charge in [-0.25, -0.2) is 4.68 Å². The van der Waals surface area contributed by atoms with Crippen molar-refractivity contribution < 1.29 is 19.4 Å². The molecule has 1 N–H and O–H groups in total. The number of nitrogens with zero attached hydrogens (tertiary/aromatic N) is 4. The molecular formula is C29H34N4O4. The molecule has 1 amide bonds. The Morgan fingerprint density at radius 1 is 1.08 bits per heavy atom. The van der Waals surface area contributed by atoms with Crippen molar-refractivity contribution in [2.24, 2.45) is 0 Å². The Morgan fingerprint density at radius 3 is 2.43 bits per heavy atom. The van der Waals surface area contributed by atoms with E-state index in [1.165, 1.54) is 6.20 Å². The van der Waals surface area contributed by atoms with Crippen molar-refractivity contribution in [3.8, 4) is 11.4 Å². The number of hydrogen-bond acceptors (Lipinski definition) is 6. The number of aliphatic hydroxyl groups is 1. The fourth-order valence-corrected chi connectivity index (χ4v) is 4.60. The Balaban J connectivity index is 1.77. The molecule has 2 aromatic carbocycles. The Morgan fingerprint density at radius 2 is 1.78 bits per heavy atom. The zero-order valence-corrected chi connectivity index (χ0v) is 21.8. The van der Waals surface area contributed by atoms with Crippen molar-refractivity contribution in [3.05, 3.63) is 83.2 Å². The summed E-state index contributed by atoms with van der Waals surface area (Å²) in [5.74, 6) is -0.796. The molecular weight excluding hydrogens is 468 g/mol. The van der Waals surface area contributed by atoms with Gasteiger partial charge in [-0.05, 0) is 70.2 Å². The summed E-state index contributed by atoms with van der Waals surface area (Å²) < 4.78 is 7.42. The molecule has 1 atom stereocenters. The molecule has 0 radical (unpaired) electrons. The maximum atomic E-state index is 13.3. The Labute approximate surface area is 217 Å². The van der Waals surface area contributed by atoms with Gasteiger partial charge in [-0.3, -0.25) is 9.59 Å². The molecule has 0 bridgehead atoms. The monoisotopic (exact) mass is 502 g/mol. The number of carbonyl (C=O) groups is 2. The van der Waals surface area contributed by atoms with Crippen LogP contribution in [0, 0.1) is 6.92 Å². The number of para-hydroxylation sites is 1. The molecule has 1 aliphatic rings. The fourth-order valence-electron chi connectivity index (χ4n) is 4.60. The molecule has 1 fully saturated rings. The first-order valence-corrected chi connectivity index (χ1v) is 12.6. The lowest BCUT2D eigenvalue weighted by molar-refractivity contribution is -0.139. The van der Waals surface area contributed by atoms with E-state index in [4.69, 9.17) is 4.74 Å². The lowest BCUT2D eigenvalue weighted by atomic mass is 9.95. The van der Waals surface area contributed by atoms with E-state index in [-0.39, 0.29) is 11.3 Å². The molecule has 194 valence electrons. The molecule has 37 heavy (non-hydrogen) atoms. The van der Waals surface area contributed by atoms with Gasteiger partial charge in [-0.15, -0.1) is 0 Å². The first-order valence-electron chi connectivity index (χ1n) is 12.6. The number of hydrogen-bond donors (Lipinski definition) is 1. The van der Waals surface area contributed by atoms with Crippen molar-refractivity contribution >= 4 is 17.4 Å². The third-order valence-corrected chi connectivity index (χ3v) is 6.48. The Hall–Kier alpha value is -3.91. The van der Waals surface area contributed by atoms with Crippen molar-refractivity contribution in [2.75, 3.05) is 33.8 Å². The largest absolute Gasteiger partial charge is 0.507 e. The molecule has 1 saturated heterocycles. The zero-order chi connectivity index (χ0) is 26.5. The van der Waals surface area contributed by atoms with Gasteiger partial charge in [-0.2, -0.15) is 5.10 Å². The number of aliphatic hydroxyl groups excluding tert-OH is 1. The summed E-state index contributed by atoms with van der Waals surface area (Å²) in [7, 11) is 3.93. The highest BCUT2D eigenvalue weighted by atomic mass is 16.5. The van der Waals surface area contributed by atoms with Crippen molar-refractivity contribution in [1.29, 1.82) is 0 Å². The smallest absolute Gasteiger partial charge is 0.295 e. The van der Waals surface area contributed by atoms with Crippen LogP contribution in [0.25, 0.3) is 11.4 Å². The minimum absolute atomic E-state index is 0.0767. The maximum absolute atomic E-state index is 13.3. The van der Waals surface area contributed by atoms with Gasteiger partial charge in [0.15, 0.2) is 0 Å². The SMILES string of the molecule is CCCOc1ccc(C2C(=C(O)c3cnn(-c4ccccc4)c3C)C(=O)C(=O)N2CCCN(C)C)cc1. The zero-order valence-electron chi connectivity index (χ0n) is 21.8. The quantitative estimate of drug-likeness (QED) is 0.252. The van der Waals surface area contributed by atoms with Crippen LogP contribution in [0.3, 0.4) is 0 Å². The van der Waals surface area contributed by atoms with Gasteiger partial charge in [0, 0.05) is 6.54 Å². The predicted octanol–water partition coefficient (Wildman–Crippen LogP) is 4.34. The van der Waals surface area contributed by atoms with Crippen LogP contribution in [0.5, 0.6) is 5.75 Å². The van der Waals surface area contributed by atoms with E-state index in [0.29, 0.717) is 30.8 Å². The van der Waals surface area contributed by atoms with Crippen LogP contribution in [0.2, 0.25) is 0 Å². The van der Waals surface area contributed by atoms with Gasteiger partial charge in [0.25, 0.3) is 11.7 Å². The van der Waals surface area contributed by atoms with Crippen LogP contribution >= 0.6 is 0 Å². The molecule has 1 aliphatic heterocycles. The normalized spacial score (nSPS) is 17.1. The highest BCUT2D eigenvalue weighted by Gasteiger charge is 2.46. The number of ether oxygens (including phenoxy) is 1. The van der Waals surface area contributed by atoms with Crippen LogP contribution in [0.15, 0.2) is 66.4 Å². The van der Waals surface area contributed by atoms with E-state index >= 15 is 0 Å². The van der Waals surface area contributed by atoms with E-state index in [2.05, 4.69) is 5.10 Å². The first-order chi connectivity index (χ1) is 17.8. The summed E-state index contributed by atoms with van der Waals surface area (Å²) in [6, 6.07) is 16.2. The number of ketones is 1. The molecule has 0 spiro atoms. The number of rotatable bonds is 10. The minimum atomic E-state index is -0.707. The highest BCUT2D eigenvalue weighted by molar-refractivity contribution is 6.46. The molecule has 2 heterocycles. The second kappa shape index (κ2) is 11.4. The Bertz CT molecular complexity index is 1280. The highest BCUT2D eigenvalue weighted by Crippen LogP contribution is 2.40. The van der Waals surface area contributed by atoms with Crippen LogP contribution < -0.4 is 4.74 Å². The Kier molecular flexibility index (Phi) is 8.08. The third-order valence-electron chi connectivity index (χ3n) is 6.48. The second-order valence-electron chi connectivity index (χ2n) is 9.46. The minimum Gasteiger partial charge on any atom is -0.507 e. The molecule has 8 nitrogen and oxygen atoms in total. The van der Waals surface area contributed by atoms with Gasteiger partial charge in [0.05, 0.1) is 41.4 Å². The van der Waals surface area contributed by atoms with Gasteiger partial charge in [-0.1, -0.05) is 37.3 Å². The summed E-state index contributed by atoms with van der Waals surface area (Å²) >= 11 is 0. The molecule has 8 heteroatoms. The van der Waals surface area contributed by atoms with Crippen LogP contribution in [-0.2, 0) is 9.59 Å². The van der Waals surface area contributed by atoms with Crippen molar-refractivity contribution in [2.45, 2.75) is 32.7 Å². The number of benzene rings is 2. The lowest BCUT2D eigenvalue weighted by Crippen LogP contribution is -2.32. The second-order valence-corrected chi connectivity index (χ2v) is 9.46.